The van der Waals surface area contributed by atoms with Crippen molar-refractivity contribution in [3.63, 3.8) is 0 Å². The van der Waals surface area contributed by atoms with Gasteiger partial charge in [-0.3, -0.25) is 4.79 Å². The molecule has 0 aliphatic heterocycles. The van der Waals surface area contributed by atoms with Crippen LogP contribution in [0, 0.1) is 11.8 Å². The molecule has 0 spiro atoms. The van der Waals surface area contributed by atoms with Crippen molar-refractivity contribution in [3.8, 4) is 0 Å². The number of anilines is 1. The minimum Gasteiger partial charge on any atom is -0.365 e. The van der Waals surface area contributed by atoms with Crippen LogP contribution in [0.1, 0.15) is 52.4 Å². The van der Waals surface area contributed by atoms with Crippen LogP contribution in [0.25, 0.3) is 0 Å². The normalized spacial score (nSPS) is 15.9. The van der Waals surface area contributed by atoms with E-state index in [-0.39, 0.29) is 5.56 Å². The molecule has 4 heteroatoms. The first-order chi connectivity index (χ1) is 9.66. The molecule has 1 aliphatic rings. The van der Waals surface area contributed by atoms with Crippen LogP contribution >= 0.6 is 0 Å². The molecule has 0 bridgehead atoms. The maximum Gasteiger partial charge on any atom is 0.293 e. The van der Waals surface area contributed by atoms with Gasteiger partial charge in [-0.1, -0.05) is 39.5 Å². The number of hydrogen-bond acceptors (Lipinski definition) is 3. The Hall–Kier alpha value is -1.32. The van der Waals surface area contributed by atoms with Gasteiger partial charge < -0.3 is 9.88 Å². The van der Waals surface area contributed by atoms with Crippen molar-refractivity contribution in [1.82, 2.24) is 9.55 Å². The first-order valence-electron chi connectivity index (χ1n) is 7.96. The molecule has 0 amide bonds. The largest absolute Gasteiger partial charge is 0.365 e. The summed E-state index contributed by atoms with van der Waals surface area (Å²) in [6, 6.07) is 0. The van der Waals surface area contributed by atoms with Gasteiger partial charge in [0.25, 0.3) is 5.56 Å². The Labute approximate surface area is 121 Å². The van der Waals surface area contributed by atoms with Gasteiger partial charge in [0, 0.05) is 25.5 Å². The highest BCUT2D eigenvalue weighted by Gasteiger charge is 2.14. The Kier molecular flexibility index (Phi) is 5.62. The zero-order valence-corrected chi connectivity index (χ0v) is 12.8. The van der Waals surface area contributed by atoms with Gasteiger partial charge in [-0.25, -0.2) is 4.98 Å². The summed E-state index contributed by atoms with van der Waals surface area (Å²) in [5, 5.41) is 3.21. The molecule has 1 aromatic rings. The standard InChI is InChI=1S/C16H27N3O/c1-13(2)12-19-11-10-18-15(16(19)20)17-9-5-8-14-6-3-4-7-14/h10-11,13-14H,3-9,12H2,1-2H3,(H,17,18). The maximum absolute atomic E-state index is 12.2. The van der Waals surface area contributed by atoms with E-state index in [0.29, 0.717) is 11.7 Å². The fourth-order valence-corrected chi connectivity index (χ4v) is 3.00. The van der Waals surface area contributed by atoms with E-state index in [1.165, 1.54) is 32.1 Å². The van der Waals surface area contributed by atoms with Crippen LogP contribution in [0.5, 0.6) is 0 Å². The van der Waals surface area contributed by atoms with Crippen molar-refractivity contribution in [1.29, 1.82) is 0 Å². The quantitative estimate of drug-likeness (QED) is 0.778. The van der Waals surface area contributed by atoms with Crippen LogP contribution in [-0.2, 0) is 6.54 Å². The smallest absolute Gasteiger partial charge is 0.293 e. The van der Waals surface area contributed by atoms with E-state index in [2.05, 4.69) is 24.1 Å². The van der Waals surface area contributed by atoms with Crippen LogP contribution in [0.4, 0.5) is 5.82 Å². The summed E-state index contributed by atoms with van der Waals surface area (Å²) in [5.74, 6) is 1.88. The summed E-state index contributed by atoms with van der Waals surface area (Å²) in [4.78, 5) is 16.4. The minimum absolute atomic E-state index is 0.00191. The van der Waals surface area contributed by atoms with Crippen LogP contribution in [-0.4, -0.2) is 16.1 Å². The Morgan fingerprint density at radius 3 is 2.85 bits per heavy atom. The summed E-state index contributed by atoms with van der Waals surface area (Å²) >= 11 is 0. The van der Waals surface area contributed by atoms with E-state index in [1.54, 1.807) is 17.0 Å². The second-order valence-corrected chi connectivity index (χ2v) is 6.35. The van der Waals surface area contributed by atoms with Crippen molar-refractivity contribution < 1.29 is 0 Å². The zero-order chi connectivity index (χ0) is 14.4. The molecular formula is C16H27N3O. The van der Waals surface area contributed by atoms with Gasteiger partial charge in [0.05, 0.1) is 0 Å². The van der Waals surface area contributed by atoms with Gasteiger partial charge in [-0.15, -0.1) is 0 Å². The molecule has 112 valence electrons. The predicted octanol–water partition coefficient (Wildman–Crippen LogP) is 3.28. The number of hydrogen-bond donors (Lipinski definition) is 1. The lowest BCUT2D eigenvalue weighted by atomic mass is 10.0. The minimum atomic E-state index is 0.00191. The Bertz CT molecular complexity index is 461. The summed E-state index contributed by atoms with van der Waals surface area (Å²) in [6.07, 6.45) is 11.5. The average Bonchev–Trinajstić information content (AvgIpc) is 2.91. The number of nitrogens with zero attached hydrogens (tertiary/aromatic N) is 2. The third-order valence-corrected chi connectivity index (χ3v) is 4.03. The van der Waals surface area contributed by atoms with Crippen molar-refractivity contribution in [2.75, 3.05) is 11.9 Å². The van der Waals surface area contributed by atoms with Crippen molar-refractivity contribution in [2.45, 2.75) is 58.9 Å². The molecule has 1 aliphatic carbocycles. The lowest BCUT2D eigenvalue weighted by Gasteiger charge is -2.12. The molecule has 0 radical (unpaired) electrons. The fourth-order valence-electron chi connectivity index (χ4n) is 3.00. The van der Waals surface area contributed by atoms with Gasteiger partial charge in [0.15, 0.2) is 5.82 Å². The van der Waals surface area contributed by atoms with Gasteiger partial charge in [0.2, 0.25) is 0 Å². The third-order valence-electron chi connectivity index (χ3n) is 4.03. The van der Waals surface area contributed by atoms with Gasteiger partial charge in [-0.2, -0.15) is 0 Å². The Morgan fingerprint density at radius 2 is 2.15 bits per heavy atom. The first kappa shape index (κ1) is 15.1. The van der Waals surface area contributed by atoms with E-state index >= 15 is 0 Å². The molecule has 2 rings (SSSR count). The highest BCUT2D eigenvalue weighted by Crippen LogP contribution is 2.28. The molecule has 0 unspecified atom stereocenters. The average molecular weight is 277 g/mol. The Morgan fingerprint density at radius 1 is 1.40 bits per heavy atom. The molecule has 0 aromatic carbocycles. The highest BCUT2D eigenvalue weighted by atomic mass is 16.1. The zero-order valence-electron chi connectivity index (χ0n) is 12.8. The van der Waals surface area contributed by atoms with E-state index < -0.39 is 0 Å². The van der Waals surface area contributed by atoms with Crippen molar-refractivity contribution in [2.24, 2.45) is 11.8 Å². The van der Waals surface area contributed by atoms with Crippen molar-refractivity contribution in [3.05, 3.63) is 22.7 Å². The monoisotopic (exact) mass is 277 g/mol. The molecule has 1 saturated carbocycles. The molecule has 0 saturated heterocycles. The van der Waals surface area contributed by atoms with E-state index in [0.717, 1.165) is 25.4 Å². The summed E-state index contributed by atoms with van der Waals surface area (Å²) < 4.78 is 1.75. The summed E-state index contributed by atoms with van der Waals surface area (Å²) in [6.45, 7) is 5.83. The molecular weight excluding hydrogens is 250 g/mol. The Balaban J connectivity index is 1.81. The number of aromatic nitrogens is 2. The first-order valence-corrected chi connectivity index (χ1v) is 7.96. The fraction of sp³-hybridized carbons (Fsp3) is 0.750. The van der Waals surface area contributed by atoms with Crippen LogP contribution in [0.15, 0.2) is 17.2 Å². The molecule has 4 nitrogen and oxygen atoms in total. The lowest BCUT2D eigenvalue weighted by molar-refractivity contribution is 0.490. The highest BCUT2D eigenvalue weighted by molar-refractivity contribution is 5.30. The van der Waals surface area contributed by atoms with Gasteiger partial charge >= 0.3 is 0 Å². The number of rotatable bonds is 7. The maximum atomic E-state index is 12.2. The summed E-state index contributed by atoms with van der Waals surface area (Å²) in [5.41, 5.74) is 0.00191. The van der Waals surface area contributed by atoms with Crippen LogP contribution < -0.4 is 10.9 Å². The van der Waals surface area contributed by atoms with Gasteiger partial charge in [0.1, 0.15) is 0 Å². The van der Waals surface area contributed by atoms with Gasteiger partial charge in [-0.05, 0) is 24.7 Å². The molecule has 1 fully saturated rings. The summed E-state index contributed by atoms with van der Waals surface area (Å²) in [7, 11) is 0. The van der Waals surface area contributed by atoms with E-state index in [9.17, 15) is 4.79 Å². The molecule has 1 N–H and O–H groups in total. The molecule has 1 aromatic heterocycles. The van der Waals surface area contributed by atoms with Crippen molar-refractivity contribution >= 4 is 5.82 Å². The topological polar surface area (TPSA) is 46.9 Å². The molecule has 20 heavy (non-hydrogen) atoms. The van der Waals surface area contributed by atoms with Crippen LogP contribution in [0.3, 0.4) is 0 Å². The second-order valence-electron chi connectivity index (χ2n) is 6.35. The van der Waals surface area contributed by atoms with Crippen LogP contribution in [0.2, 0.25) is 0 Å². The van der Waals surface area contributed by atoms with E-state index in [1.807, 2.05) is 0 Å². The predicted molar refractivity (Wildman–Crippen MR) is 83.0 cm³/mol. The SMILES string of the molecule is CC(C)Cn1ccnc(NCCCC2CCCC2)c1=O. The molecule has 1 heterocycles. The number of nitrogens with one attached hydrogen (secondary N) is 1. The third kappa shape index (κ3) is 4.36. The lowest BCUT2D eigenvalue weighted by Crippen LogP contribution is -2.26. The van der Waals surface area contributed by atoms with E-state index in [4.69, 9.17) is 0 Å². The second kappa shape index (κ2) is 7.46. The molecule has 0 atom stereocenters.